The number of carbonyl (C=O) groups excluding carboxylic acids is 1. The molecule has 1 aromatic rings. The normalized spacial score (nSPS) is 16.7. The fourth-order valence-electron chi connectivity index (χ4n) is 2.96. The lowest BCUT2D eigenvalue weighted by Crippen LogP contribution is -2.32. The van der Waals surface area contributed by atoms with Crippen LogP contribution < -0.4 is 14.8 Å². The number of benzene rings is 1. The lowest BCUT2D eigenvalue weighted by molar-refractivity contribution is -0.129. The summed E-state index contributed by atoms with van der Waals surface area (Å²) in [6, 6.07) is 5.43. The third-order valence-electron chi connectivity index (χ3n) is 4.29. The summed E-state index contributed by atoms with van der Waals surface area (Å²) in [5.74, 6) is 1.33. The fourth-order valence-corrected chi connectivity index (χ4v) is 2.96. The van der Waals surface area contributed by atoms with Crippen LogP contribution in [0.15, 0.2) is 18.2 Å². The van der Waals surface area contributed by atoms with Gasteiger partial charge in [-0.05, 0) is 31.9 Å². The smallest absolute Gasteiger partial charge is 0.246 e. The molecule has 0 saturated heterocycles. The van der Waals surface area contributed by atoms with Crippen LogP contribution in [-0.2, 0) is 9.53 Å². The molecule has 128 valence electrons. The molecule has 0 bridgehead atoms. The molecule has 0 aromatic heterocycles. The number of hydrogen-bond donors (Lipinski definition) is 1. The van der Waals surface area contributed by atoms with Gasteiger partial charge >= 0.3 is 0 Å². The molecule has 2 rings (SSSR count). The van der Waals surface area contributed by atoms with Crippen molar-refractivity contribution in [3.8, 4) is 11.5 Å². The van der Waals surface area contributed by atoms with Gasteiger partial charge in [0.25, 0.3) is 0 Å². The minimum atomic E-state index is -0.154. The van der Waals surface area contributed by atoms with Gasteiger partial charge in [0.05, 0.1) is 26.4 Å². The van der Waals surface area contributed by atoms with Gasteiger partial charge in [-0.3, -0.25) is 4.79 Å². The Bertz CT molecular complexity index is 512. The quantitative estimate of drug-likeness (QED) is 0.838. The monoisotopic (exact) mass is 321 g/mol. The second-order valence-electron chi connectivity index (χ2n) is 5.97. The number of carbonyl (C=O) groups is 1. The lowest BCUT2D eigenvalue weighted by atomic mass is 9.98. The molecule has 1 aromatic carbocycles. The fraction of sp³-hybridized carbons (Fsp3) is 0.611. The Morgan fingerprint density at radius 1 is 1.22 bits per heavy atom. The van der Waals surface area contributed by atoms with Gasteiger partial charge in [0.1, 0.15) is 18.1 Å². The summed E-state index contributed by atoms with van der Waals surface area (Å²) in [5, 5.41) is 2.96. The second kappa shape index (κ2) is 8.77. The summed E-state index contributed by atoms with van der Waals surface area (Å²) in [4.78, 5) is 12.1. The molecule has 1 atom stereocenters. The van der Waals surface area contributed by atoms with Crippen LogP contribution in [0.4, 0.5) is 0 Å². The topological polar surface area (TPSA) is 56.8 Å². The van der Waals surface area contributed by atoms with Crippen molar-refractivity contribution in [3.63, 3.8) is 0 Å². The minimum absolute atomic E-state index is 0.0963. The van der Waals surface area contributed by atoms with Gasteiger partial charge in [0.2, 0.25) is 5.91 Å². The molecule has 5 heteroatoms. The van der Waals surface area contributed by atoms with Crippen LogP contribution in [-0.4, -0.2) is 32.8 Å². The van der Waals surface area contributed by atoms with Crippen LogP contribution in [0.1, 0.15) is 50.6 Å². The van der Waals surface area contributed by atoms with Gasteiger partial charge < -0.3 is 19.5 Å². The van der Waals surface area contributed by atoms with E-state index in [9.17, 15) is 4.79 Å². The standard InChI is InChI=1S/C18H27NO4/c1-13(16-10-9-15(21-2)11-17(16)22-3)19-18(20)12-23-14-7-5-4-6-8-14/h9-11,13-14H,4-8,12H2,1-3H3,(H,19,20). The van der Waals surface area contributed by atoms with E-state index in [0.29, 0.717) is 5.75 Å². The maximum Gasteiger partial charge on any atom is 0.246 e. The van der Waals surface area contributed by atoms with E-state index in [1.54, 1.807) is 14.2 Å². The van der Waals surface area contributed by atoms with E-state index < -0.39 is 0 Å². The Kier molecular flexibility index (Phi) is 6.71. The Morgan fingerprint density at radius 3 is 2.61 bits per heavy atom. The molecular weight excluding hydrogens is 294 g/mol. The van der Waals surface area contributed by atoms with Gasteiger partial charge in [0, 0.05) is 11.6 Å². The number of ether oxygens (including phenoxy) is 3. The van der Waals surface area contributed by atoms with E-state index in [4.69, 9.17) is 14.2 Å². The Balaban J connectivity index is 1.87. The maximum absolute atomic E-state index is 12.1. The molecule has 1 unspecified atom stereocenters. The highest BCUT2D eigenvalue weighted by Crippen LogP contribution is 2.29. The van der Waals surface area contributed by atoms with Gasteiger partial charge in [0.15, 0.2) is 0 Å². The van der Waals surface area contributed by atoms with E-state index in [0.717, 1.165) is 24.2 Å². The first-order valence-corrected chi connectivity index (χ1v) is 8.27. The number of rotatable bonds is 7. The highest BCUT2D eigenvalue weighted by Gasteiger charge is 2.18. The van der Waals surface area contributed by atoms with Crippen molar-refractivity contribution in [3.05, 3.63) is 23.8 Å². The average molecular weight is 321 g/mol. The summed E-state index contributed by atoms with van der Waals surface area (Å²) in [6.45, 7) is 2.05. The molecule has 1 aliphatic rings. The molecule has 1 N–H and O–H groups in total. The zero-order valence-electron chi connectivity index (χ0n) is 14.3. The van der Waals surface area contributed by atoms with E-state index in [2.05, 4.69) is 5.32 Å². The molecular formula is C18H27NO4. The largest absolute Gasteiger partial charge is 0.497 e. The number of nitrogens with one attached hydrogen (secondary N) is 1. The van der Waals surface area contributed by atoms with Crippen LogP contribution in [0.3, 0.4) is 0 Å². The van der Waals surface area contributed by atoms with Crippen molar-refractivity contribution < 1.29 is 19.0 Å². The Hall–Kier alpha value is -1.75. The van der Waals surface area contributed by atoms with Crippen molar-refractivity contribution in [2.24, 2.45) is 0 Å². The predicted octanol–water partition coefficient (Wildman–Crippen LogP) is 3.23. The van der Waals surface area contributed by atoms with Crippen LogP contribution in [0.2, 0.25) is 0 Å². The molecule has 23 heavy (non-hydrogen) atoms. The van der Waals surface area contributed by atoms with Crippen molar-refractivity contribution in [1.82, 2.24) is 5.32 Å². The van der Waals surface area contributed by atoms with Crippen molar-refractivity contribution in [1.29, 1.82) is 0 Å². The first-order chi connectivity index (χ1) is 11.1. The molecule has 0 spiro atoms. The molecule has 5 nitrogen and oxygen atoms in total. The Morgan fingerprint density at radius 2 is 1.96 bits per heavy atom. The van der Waals surface area contributed by atoms with Crippen LogP contribution in [0.5, 0.6) is 11.5 Å². The third kappa shape index (κ3) is 5.13. The molecule has 1 aliphatic carbocycles. The second-order valence-corrected chi connectivity index (χ2v) is 5.97. The Labute approximate surface area is 138 Å². The number of amides is 1. The summed E-state index contributed by atoms with van der Waals surface area (Å²) in [5.41, 5.74) is 0.916. The number of hydrogen-bond acceptors (Lipinski definition) is 4. The molecule has 1 saturated carbocycles. The van der Waals surface area contributed by atoms with E-state index in [1.807, 2.05) is 25.1 Å². The first kappa shape index (κ1) is 17.6. The van der Waals surface area contributed by atoms with Crippen molar-refractivity contribution in [2.75, 3.05) is 20.8 Å². The maximum atomic E-state index is 12.1. The van der Waals surface area contributed by atoms with Crippen LogP contribution in [0.25, 0.3) is 0 Å². The average Bonchev–Trinajstić information content (AvgIpc) is 2.60. The van der Waals surface area contributed by atoms with Gasteiger partial charge in [-0.25, -0.2) is 0 Å². The molecule has 1 amide bonds. The van der Waals surface area contributed by atoms with Crippen LogP contribution in [0, 0.1) is 0 Å². The predicted molar refractivity (Wildman–Crippen MR) is 88.9 cm³/mol. The van der Waals surface area contributed by atoms with Crippen LogP contribution >= 0.6 is 0 Å². The van der Waals surface area contributed by atoms with Gasteiger partial charge in [-0.2, -0.15) is 0 Å². The first-order valence-electron chi connectivity index (χ1n) is 8.27. The SMILES string of the molecule is COc1ccc(C(C)NC(=O)COC2CCCCC2)c(OC)c1. The zero-order valence-corrected chi connectivity index (χ0v) is 14.3. The lowest BCUT2D eigenvalue weighted by Gasteiger charge is -2.22. The molecule has 0 radical (unpaired) electrons. The third-order valence-corrected chi connectivity index (χ3v) is 4.29. The van der Waals surface area contributed by atoms with Crippen molar-refractivity contribution in [2.45, 2.75) is 51.2 Å². The van der Waals surface area contributed by atoms with E-state index in [1.165, 1.54) is 19.3 Å². The summed E-state index contributed by atoms with van der Waals surface area (Å²) >= 11 is 0. The summed E-state index contributed by atoms with van der Waals surface area (Å²) in [6.07, 6.45) is 6.04. The molecule has 1 fully saturated rings. The van der Waals surface area contributed by atoms with Gasteiger partial charge in [-0.1, -0.05) is 19.3 Å². The summed E-state index contributed by atoms with van der Waals surface area (Å²) in [7, 11) is 3.22. The van der Waals surface area contributed by atoms with Gasteiger partial charge in [-0.15, -0.1) is 0 Å². The minimum Gasteiger partial charge on any atom is -0.497 e. The number of methoxy groups -OCH3 is 2. The van der Waals surface area contributed by atoms with Crippen molar-refractivity contribution >= 4 is 5.91 Å². The molecule has 0 aliphatic heterocycles. The highest BCUT2D eigenvalue weighted by atomic mass is 16.5. The van der Waals surface area contributed by atoms with E-state index >= 15 is 0 Å². The highest BCUT2D eigenvalue weighted by molar-refractivity contribution is 5.77. The van der Waals surface area contributed by atoms with E-state index in [-0.39, 0.29) is 24.7 Å². The summed E-state index contributed by atoms with van der Waals surface area (Å²) < 4.78 is 16.3. The molecule has 0 heterocycles. The zero-order chi connectivity index (χ0) is 16.7.